The second kappa shape index (κ2) is 6.58. The molecule has 0 radical (unpaired) electrons. The van der Waals surface area contributed by atoms with Crippen LogP contribution in [0.25, 0.3) is 16.9 Å². The van der Waals surface area contributed by atoms with E-state index in [-0.39, 0.29) is 18.4 Å². The van der Waals surface area contributed by atoms with Crippen molar-refractivity contribution in [3.63, 3.8) is 0 Å². The molecule has 8 heteroatoms. The van der Waals surface area contributed by atoms with Crippen molar-refractivity contribution in [1.82, 2.24) is 23.1 Å². The number of fused-ring (bicyclic) bond motifs is 3. The van der Waals surface area contributed by atoms with Gasteiger partial charge in [0.15, 0.2) is 11.2 Å². The lowest BCUT2D eigenvalue weighted by Gasteiger charge is -2.16. The smallest absolute Gasteiger partial charge is 0.307 e. The zero-order valence-corrected chi connectivity index (χ0v) is 17.1. The van der Waals surface area contributed by atoms with Crippen LogP contribution in [0.2, 0.25) is 0 Å². The molecule has 8 nitrogen and oxygen atoms in total. The molecular weight excluding hydrogens is 370 g/mol. The van der Waals surface area contributed by atoms with Crippen LogP contribution in [0, 0.1) is 13.8 Å². The summed E-state index contributed by atoms with van der Waals surface area (Å²) in [6, 6.07) is 10.0. The van der Waals surface area contributed by atoms with Gasteiger partial charge in [0, 0.05) is 18.4 Å². The van der Waals surface area contributed by atoms with E-state index in [1.807, 2.05) is 44.2 Å². The molecule has 1 aromatic carbocycles. The van der Waals surface area contributed by atoms with Crippen LogP contribution in [0.15, 0.2) is 39.9 Å². The first-order chi connectivity index (χ1) is 13.7. The molecule has 0 amide bonds. The number of aryl methyl sites for hydroxylation is 2. The van der Waals surface area contributed by atoms with Gasteiger partial charge in [-0.2, -0.15) is 4.98 Å². The first-order valence-corrected chi connectivity index (χ1v) is 9.47. The van der Waals surface area contributed by atoms with E-state index in [9.17, 15) is 14.4 Å². The number of carbonyl (C=O) groups is 1. The molecule has 0 saturated heterocycles. The van der Waals surface area contributed by atoms with Gasteiger partial charge in [0.2, 0.25) is 5.78 Å². The normalized spacial score (nSPS) is 12.7. The molecule has 29 heavy (non-hydrogen) atoms. The van der Waals surface area contributed by atoms with Gasteiger partial charge < -0.3 is 4.57 Å². The fourth-order valence-electron chi connectivity index (χ4n) is 3.98. The molecule has 1 unspecified atom stereocenters. The highest BCUT2D eigenvalue weighted by atomic mass is 16.2. The summed E-state index contributed by atoms with van der Waals surface area (Å²) < 4.78 is 6.18. The molecule has 0 aliphatic rings. The highest BCUT2D eigenvalue weighted by Crippen LogP contribution is 2.27. The Morgan fingerprint density at radius 2 is 1.76 bits per heavy atom. The quantitative estimate of drug-likeness (QED) is 0.531. The molecule has 0 saturated carbocycles. The summed E-state index contributed by atoms with van der Waals surface area (Å²) in [6.07, 6.45) is 0. The van der Waals surface area contributed by atoms with Gasteiger partial charge in [-0.05, 0) is 33.3 Å². The molecule has 1 atom stereocenters. The van der Waals surface area contributed by atoms with Crippen LogP contribution in [0.3, 0.4) is 0 Å². The zero-order chi connectivity index (χ0) is 21.0. The topological polar surface area (TPSA) is 83.3 Å². The third kappa shape index (κ3) is 2.66. The van der Waals surface area contributed by atoms with Crippen LogP contribution >= 0.6 is 0 Å². The summed E-state index contributed by atoms with van der Waals surface area (Å²) in [5.41, 5.74) is 2.54. The molecule has 3 heterocycles. The Morgan fingerprint density at radius 1 is 1.10 bits per heavy atom. The SMILES string of the molecule is CC(=O)Cn1c(=O)c2c(nc3n(C(C)c4ccccc4)c(C)c(C)n23)n(C)c1=O. The maximum Gasteiger partial charge on any atom is 0.332 e. The number of nitrogens with zero attached hydrogens (tertiary/aromatic N) is 5. The minimum Gasteiger partial charge on any atom is -0.307 e. The van der Waals surface area contributed by atoms with Crippen molar-refractivity contribution in [3.8, 4) is 0 Å². The average molecular weight is 393 g/mol. The summed E-state index contributed by atoms with van der Waals surface area (Å²) in [5, 5.41) is 0. The van der Waals surface area contributed by atoms with E-state index in [4.69, 9.17) is 0 Å². The summed E-state index contributed by atoms with van der Waals surface area (Å²) in [7, 11) is 1.57. The predicted octanol–water partition coefficient (Wildman–Crippen LogP) is 1.96. The molecule has 3 aromatic heterocycles. The largest absolute Gasteiger partial charge is 0.332 e. The highest BCUT2D eigenvalue weighted by molar-refractivity contribution is 5.78. The minimum atomic E-state index is -0.546. The number of imidazole rings is 2. The van der Waals surface area contributed by atoms with E-state index in [0.29, 0.717) is 16.9 Å². The predicted molar refractivity (Wildman–Crippen MR) is 111 cm³/mol. The molecule has 0 fully saturated rings. The number of hydrogen-bond donors (Lipinski definition) is 0. The zero-order valence-electron chi connectivity index (χ0n) is 17.1. The van der Waals surface area contributed by atoms with E-state index in [1.54, 1.807) is 11.4 Å². The Labute approximate surface area is 166 Å². The van der Waals surface area contributed by atoms with E-state index >= 15 is 0 Å². The van der Waals surface area contributed by atoms with Gasteiger partial charge in [-0.3, -0.25) is 23.1 Å². The minimum absolute atomic E-state index is 0.0133. The Balaban J connectivity index is 2.12. The van der Waals surface area contributed by atoms with Crippen LogP contribution in [-0.4, -0.2) is 28.9 Å². The lowest BCUT2D eigenvalue weighted by molar-refractivity contribution is -0.117. The third-order valence-electron chi connectivity index (χ3n) is 5.61. The first-order valence-electron chi connectivity index (χ1n) is 9.47. The molecule has 4 rings (SSSR count). The second-order valence-electron chi connectivity index (χ2n) is 7.48. The van der Waals surface area contributed by atoms with Crippen LogP contribution in [0.4, 0.5) is 0 Å². The van der Waals surface area contributed by atoms with E-state index in [2.05, 4.69) is 16.5 Å². The third-order valence-corrected chi connectivity index (χ3v) is 5.61. The van der Waals surface area contributed by atoms with Crippen molar-refractivity contribution in [2.75, 3.05) is 0 Å². The lowest BCUT2D eigenvalue weighted by Crippen LogP contribution is -2.40. The lowest BCUT2D eigenvalue weighted by atomic mass is 10.1. The van der Waals surface area contributed by atoms with Crippen molar-refractivity contribution < 1.29 is 4.79 Å². The van der Waals surface area contributed by atoms with Gasteiger partial charge >= 0.3 is 5.69 Å². The number of hydrogen-bond acceptors (Lipinski definition) is 4. The summed E-state index contributed by atoms with van der Waals surface area (Å²) in [5.74, 6) is 0.339. The highest BCUT2D eigenvalue weighted by Gasteiger charge is 2.25. The van der Waals surface area contributed by atoms with Gasteiger partial charge in [0.05, 0.1) is 12.6 Å². The summed E-state index contributed by atoms with van der Waals surface area (Å²) in [4.78, 5) is 42.1. The fourth-order valence-corrected chi connectivity index (χ4v) is 3.98. The van der Waals surface area contributed by atoms with Gasteiger partial charge in [0.25, 0.3) is 5.56 Å². The molecule has 4 aromatic rings. The fraction of sp³-hybridized carbons (Fsp3) is 0.333. The Bertz CT molecular complexity index is 1390. The van der Waals surface area contributed by atoms with Gasteiger partial charge in [-0.1, -0.05) is 30.3 Å². The Morgan fingerprint density at radius 3 is 2.38 bits per heavy atom. The monoisotopic (exact) mass is 393 g/mol. The van der Waals surface area contributed by atoms with Gasteiger partial charge in [0.1, 0.15) is 5.78 Å². The van der Waals surface area contributed by atoms with Gasteiger partial charge in [-0.25, -0.2) is 4.79 Å². The van der Waals surface area contributed by atoms with Crippen molar-refractivity contribution in [2.24, 2.45) is 7.05 Å². The number of Topliss-reactive ketones (excluding diaryl/α,β-unsaturated/α-hetero) is 1. The maximum absolute atomic E-state index is 13.2. The number of benzene rings is 1. The molecule has 150 valence electrons. The van der Waals surface area contributed by atoms with Crippen molar-refractivity contribution in [3.05, 3.63) is 68.1 Å². The molecule has 0 bridgehead atoms. The molecule has 0 aliphatic carbocycles. The Hall–Kier alpha value is -3.42. The standard InChI is InChI=1S/C21H23N5O3/c1-12(27)11-24-19(28)17-18(23(5)21(24)29)22-20-25(13(2)14(3)26(17)20)15(4)16-9-7-6-8-10-16/h6-10,15H,11H2,1-5H3. The van der Waals surface area contributed by atoms with E-state index in [0.717, 1.165) is 21.5 Å². The number of aromatic nitrogens is 5. The average Bonchev–Trinajstić information content (AvgIpc) is 3.19. The van der Waals surface area contributed by atoms with E-state index in [1.165, 1.54) is 11.5 Å². The molecule has 0 aliphatic heterocycles. The first kappa shape index (κ1) is 18.9. The second-order valence-corrected chi connectivity index (χ2v) is 7.48. The van der Waals surface area contributed by atoms with Crippen LogP contribution in [0.1, 0.15) is 36.8 Å². The molecule has 0 N–H and O–H groups in total. The summed E-state index contributed by atoms with van der Waals surface area (Å²) >= 11 is 0. The Kier molecular flexibility index (Phi) is 4.29. The number of ketones is 1. The number of carbonyl (C=O) groups excluding carboxylic acids is 1. The van der Waals surface area contributed by atoms with E-state index < -0.39 is 11.2 Å². The maximum atomic E-state index is 13.2. The van der Waals surface area contributed by atoms with Gasteiger partial charge in [-0.15, -0.1) is 0 Å². The van der Waals surface area contributed by atoms with Crippen LogP contribution < -0.4 is 11.2 Å². The van der Waals surface area contributed by atoms with Crippen molar-refractivity contribution in [1.29, 1.82) is 0 Å². The van der Waals surface area contributed by atoms with Crippen molar-refractivity contribution in [2.45, 2.75) is 40.3 Å². The van der Waals surface area contributed by atoms with Crippen LogP contribution in [0.5, 0.6) is 0 Å². The summed E-state index contributed by atoms with van der Waals surface area (Å²) in [6.45, 7) is 7.10. The van der Waals surface area contributed by atoms with Crippen LogP contribution in [-0.2, 0) is 18.4 Å². The molecular formula is C21H23N5O3. The van der Waals surface area contributed by atoms with Crippen molar-refractivity contribution >= 4 is 22.7 Å². The molecule has 0 spiro atoms. The number of rotatable bonds is 4.